The minimum absolute atomic E-state index is 0.0839. The molecule has 9 heteroatoms. The summed E-state index contributed by atoms with van der Waals surface area (Å²) in [4.78, 5) is 51.5. The highest BCUT2D eigenvalue weighted by molar-refractivity contribution is 6.03. The first-order chi connectivity index (χ1) is 13.9. The maximum absolute atomic E-state index is 13.3. The molecule has 4 atom stereocenters. The Balaban J connectivity index is 1.67. The number of rotatable bonds is 2. The number of benzene rings is 1. The number of piperidine rings is 2. The number of esters is 2. The Morgan fingerprint density at radius 3 is 2.69 bits per heavy atom. The Kier molecular flexibility index (Phi) is 4.83. The lowest BCUT2D eigenvalue weighted by molar-refractivity contribution is -0.202. The van der Waals surface area contributed by atoms with E-state index >= 15 is 0 Å². The molecule has 4 rings (SSSR count). The van der Waals surface area contributed by atoms with E-state index in [4.69, 9.17) is 9.47 Å². The van der Waals surface area contributed by atoms with Gasteiger partial charge < -0.3 is 20.1 Å². The molecule has 0 aromatic heterocycles. The molecule has 2 fully saturated rings. The number of hydrogen-bond acceptors (Lipinski definition) is 7. The fourth-order valence-corrected chi connectivity index (χ4v) is 4.02. The molecule has 3 bridgehead atoms. The lowest BCUT2D eigenvalue weighted by atomic mass is 9.79. The van der Waals surface area contributed by atoms with Crippen LogP contribution in [0.4, 0.5) is 4.79 Å². The lowest BCUT2D eigenvalue weighted by Gasteiger charge is -2.50. The summed E-state index contributed by atoms with van der Waals surface area (Å²) in [5, 5.41) is 5.82. The van der Waals surface area contributed by atoms with E-state index < -0.39 is 41.6 Å². The fraction of sp³-hybridized carbons (Fsp3) is 0.400. The van der Waals surface area contributed by atoms with Crippen LogP contribution >= 0.6 is 0 Å². The molecule has 152 valence electrons. The maximum Gasteiger partial charge on any atom is 0.332 e. The van der Waals surface area contributed by atoms with E-state index in [2.05, 4.69) is 10.6 Å². The molecule has 0 radical (unpaired) electrons. The van der Waals surface area contributed by atoms with Crippen LogP contribution in [0.2, 0.25) is 0 Å². The second-order valence-electron chi connectivity index (χ2n) is 7.43. The van der Waals surface area contributed by atoms with E-state index in [0.717, 1.165) is 22.6 Å². The molecule has 3 aliphatic rings. The van der Waals surface area contributed by atoms with E-state index in [1.807, 2.05) is 30.3 Å². The average Bonchev–Trinajstić information content (AvgIpc) is 2.71. The minimum atomic E-state index is -1.52. The van der Waals surface area contributed by atoms with Gasteiger partial charge in [-0.05, 0) is 12.5 Å². The van der Waals surface area contributed by atoms with Gasteiger partial charge in [0.05, 0.1) is 6.04 Å². The van der Waals surface area contributed by atoms with Gasteiger partial charge in [0.25, 0.3) is 5.91 Å². The molecular weight excluding hydrogens is 378 g/mol. The zero-order chi connectivity index (χ0) is 20.6. The number of hydrogen-bond donors (Lipinski definition) is 2. The van der Waals surface area contributed by atoms with Crippen molar-refractivity contribution < 1.29 is 28.7 Å². The summed E-state index contributed by atoms with van der Waals surface area (Å²) in [6.07, 6.45) is 0.946. The Hall–Kier alpha value is -3.20. The predicted molar refractivity (Wildman–Crippen MR) is 99.1 cm³/mol. The van der Waals surface area contributed by atoms with Gasteiger partial charge in [-0.1, -0.05) is 30.3 Å². The molecule has 2 saturated heterocycles. The first-order valence-corrected chi connectivity index (χ1v) is 9.41. The van der Waals surface area contributed by atoms with Gasteiger partial charge in [0, 0.05) is 37.6 Å². The van der Waals surface area contributed by atoms with E-state index in [0.29, 0.717) is 6.54 Å². The minimum Gasteiger partial charge on any atom is -0.444 e. The van der Waals surface area contributed by atoms with Crippen LogP contribution in [0.15, 0.2) is 42.5 Å². The summed E-state index contributed by atoms with van der Waals surface area (Å²) >= 11 is 0. The molecular formula is C20H21N3O6. The molecule has 3 aliphatic heterocycles. The average molecular weight is 399 g/mol. The number of urea groups is 1. The molecule has 3 amide bonds. The van der Waals surface area contributed by atoms with Gasteiger partial charge in [0.1, 0.15) is 0 Å². The molecule has 0 saturated carbocycles. The van der Waals surface area contributed by atoms with Gasteiger partial charge >= 0.3 is 18.0 Å². The van der Waals surface area contributed by atoms with Crippen molar-refractivity contribution in [1.82, 2.24) is 15.5 Å². The van der Waals surface area contributed by atoms with Crippen LogP contribution in [0.3, 0.4) is 0 Å². The van der Waals surface area contributed by atoms with Crippen LogP contribution in [0.25, 0.3) is 0 Å². The number of nitrogens with one attached hydrogen (secondary N) is 2. The first kappa shape index (κ1) is 19.1. The standard InChI is InChI=1S/C20H21N3O6/c1-12(13-5-3-2-4-6-13)22-19(27)23-17-14-9-20(18(23)26,11-21-10-14)29-16(25)8-7-15(24)28-17/h2-8,12,14,17,21H,9-11H2,1H3,(H,22,27)/b8-7+/t12-,14?,17?,20?/m0/s1. The SMILES string of the molecule is C[C@H](NC(=O)N1C(=O)C23CNCC(C2)C1OC(=O)/C=C/C(=O)O3)c1ccccc1. The molecule has 2 N–H and O–H groups in total. The third-order valence-corrected chi connectivity index (χ3v) is 5.42. The zero-order valence-electron chi connectivity index (χ0n) is 15.8. The largest absolute Gasteiger partial charge is 0.444 e. The molecule has 3 heterocycles. The van der Waals surface area contributed by atoms with E-state index in [1.54, 1.807) is 6.92 Å². The first-order valence-electron chi connectivity index (χ1n) is 9.41. The second kappa shape index (κ2) is 7.32. The fourth-order valence-electron chi connectivity index (χ4n) is 4.02. The highest BCUT2D eigenvalue weighted by Crippen LogP contribution is 2.38. The summed E-state index contributed by atoms with van der Waals surface area (Å²) in [6.45, 7) is 2.28. The van der Waals surface area contributed by atoms with Crippen molar-refractivity contribution in [1.29, 1.82) is 0 Å². The van der Waals surface area contributed by atoms with Gasteiger partial charge in [-0.25, -0.2) is 19.3 Å². The highest BCUT2D eigenvalue weighted by Gasteiger charge is 2.59. The monoisotopic (exact) mass is 399 g/mol. The topological polar surface area (TPSA) is 114 Å². The maximum atomic E-state index is 13.3. The van der Waals surface area contributed by atoms with Crippen molar-refractivity contribution in [3.8, 4) is 0 Å². The Morgan fingerprint density at radius 2 is 1.93 bits per heavy atom. The Labute approximate surface area is 167 Å². The van der Waals surface area contributed by atoms with Crippen LogP contribution in [0.5, 0.6) is 0 Å². The molecule has 0 spiro atoms. The number of ether oxygens (including phenoxy) is 2. The summed E-state index contributed by atoms with van der Waals surface area (Å²) in [5.74, 6) is -2.77. The van der Waals surface area contributed by atoms with Crippen LogP contribution < -0.4 is 10.6 Å². The molecule has 0 aliphatic carbocycles. The molecule has 29 heavy (non-hydrogen) atoms. The van der Waals surface area contributed by atoms with Crippen molar-refractivity contribution in [2.24, 2.45) is 5.92 Å². The number of imide groups is 1. The number of nitrogens with zero attached hydrogens (tertiary/aromatic N) is 1. The number of likely N-dealkylation sites (tertiary alicyclic amines) is 1. The van der Waals surface area contributed by atoms with E-state index in [-0.39, 0.29) is 19.0 Å². The van der Waals surface area contributed by atoms with Gasteiger partial charge in [0.2, 0.25) is 5.60 Å². The molecule has 1 aromatic rings. The highest BCUT2D eigenvalue weighted by atomic mass is 16.6. The van der Waals surface area contributed by atoms with Crippen LogP contribution in [-0.4, -0.2) is 53.7 Å². The molecule has 1 aromatic carbocycles. The summed E-state index contributed by atoms with van der Waals surface area (Å²) in [5.41, 5.74) is -0.663. The van der Waals surface area contributed by atoms with Gasteiger partial charge in [-0.2, -0.15) is 0 Å². The van der Waals surface area contributed by atoms with Crippen LogP contribution in [0.1, 0.15) is 24.9 Å². The van der Waals surface area contributed by atoms with Crippen LogP contribution in [0, 0.1) is 5.92 Å². The zero-order valence-corrected chi connectivity index (χ0v) is 15.8. The number of amides is 3. The Bertz CT molecular complexity index is 885. The summed E-state index contributed by atoms with van der Waals surface area (Å²) in [7, 11) is 0. The third-order valence-electron chi connectivity index (χ3n) is 5.42. The quantitative estimate of drug-likeness (QED) is 0.701. The van der Waals surface area contributed by atoms with Crippen molar-refractivity contribution in [2.75, 3.05) is 13.1 Å². The number of carbonyl (C=O) groups is 4. The third kappa shape index (κ3) is 3.49. The summed E-state index contributed by atoms with van der Waals surface area (Å²) < 4.78 is 10.8. The predicted octanol–water partition coefficient (Wildman–Crippen LogP) is 0.630. The Morgan fingerprint density at radius 1 is 1.21 bits per heavy atom. The van der Waals surface area contributed by atoms with Crippen molar-refractivity contribution in [3.63, 3.8) is 0 Å². The molecule has 9 nitrogen and oxygen atoms in total. The van der Waals surface area contributed by atoms with Crippen molar-refractivity contribution in [2.45, 2.75) is 31.2 Å². The normalized spacial score (nSPS) is 30.8. The van der Waals surface area contributed by atoms with Crippen LogP contribution in [-0.2, 0) is 23.9 Å². The van der Waals surface area contributed by atoms with Gasteiger partial charge in [-0.3, -0.25) is 4.79 Å². The second-order valence-corrected chi connectivity index (χ2v) is 7.43. The van der Waals surface area contributed by atoms with Crippen molar-refractivity contribution in [3.05, 3.63) is 48.0 Å². The summed E-state index contributed by atoms with van der Waals surface area (Å²) in [6, 6.07) is 8.16. The smallest absolute Gasteiger partial charge is 0.332 e. The number of carbonyl (C=O) groups excluding carboxylic acids is 4. The van der Waals surface area contributed by atoms with Gasteiger partial charge in [0.15, 0.2) is 6.23 Å². The van der Waals surface area contributed by atoms with E-state index in [9.17, 15) is 19.2 Å². The van der Waals surface area contributed by atoms with Gasteiger partial charge in [-0.15, -0.1) is 0 Å². The molecule has 3 unspecified atom stereocenters. The lowest BCUT2D eigenvalue weighted by Crippen LogP contribution is -2.72. The van der Waals surface area contributed by atoms with E-state index in [1.165, 1.54) is 0 Å². The van der Waals surface area contributed by atoms with Crippen molar-refractivity contribution >= 4 is 23.9 Å².